The maximum atomic E-state index is 14.2. The average molecular weight is 444 g/mol. The molecule has 0 saturated heterocycles. The topological polar surface area (TPSA) is 52.9 Å². The first-order valence-corrected chi connectivity index (χ1v) is 10.8. The van der Waals surface area contributed by atoms with E-state index >= 15 is 0 Å². The van der Waals surface area contributed by atoms with Crippen molar-refractivity contribution in [3.05, 3.63) is 60.2 Å². The van der Waals surface area contributed by atoms with Gasteiger partial charge in [-0.3, -0.25) is 4.79 Å². The number of hydrogen-bond donors (Lipinski definition) is 1. The van der Waals surface area contributed by atoms with Crippen LogP contribution in [0.25, 0.3) is 11.1 Å². The van der Waals surface area contributed by atoms with Crippen LogP contribution >= 0.6 is 0 Å². The van der Waals surface area contributed by atoms with Crippen LogP contribution in [0.2, 0.25) is 0 Å². The molecular weight excluding hydrogens is 417 g/mol. The summed E-state index contributed by atoms with van der Waals surface area (Å²) < 4.78 is 42.7. The molecular formula is C25H27F3N2O2. The Morgan fingerprint density at radius 1 is 1.03 bits per heavy atom. The van der Waals surface area contributed by atoms with E-state index in [9.17, 15) is 23.1 Å². The molecule has 170 valence electrons. The Labute approximate surface area is 185 Å². The van der Waals surface area contributed by atoms with Crippen molar-refractivity contribution in [2.75, 3.05) is 0 Å². The minimum absolute atomic E-state index is 0.0134. The van der Waals surface area contributed by atoms with Crippen LogP contribution in [0, 0.1) is 17.3 Å². The van der Waals surface area contributed by atoms with Crippen molar-refractivity contribution in [2.45, 2.75) is 51.9 Å². The highest BCUT2D eigenvalue weighted by molar-refractivity contribution is 5.99. The van der Waals surface area contributed by atoms with Gasteiger partial charge in [0, 0.05) is 11.3 Å². The zero-order valence-corrected chi connectivity index (χ0v) is 18.4. The van der Waals surface area contributed by atoms with Crippen LogP contribution < -0.4 is 0 Å². The lowest BCUT2D eigenvalue weighted by molar-refractivity contribution is -0.314. The number of aliphatic hydroxyl groups is 1. The second-order valence-electron chi connectivity index (χ2n) is 9.77. The standard InChI is InChI=1S/C25H27F3N2O2/c1-23(2,3)19-13-14-21-20(15-19)24(32,25(26,27)28)30(29-21)22(31)18-11-9-17(10-12-18)16-7-5-4-6-8-16/h4-12,19-20,32H,13-15H2,1-3H3/t19-,20-,24+/m1/s1. The third kappa shape index (κ3) is 3.72. The second kappa shape index (κ2) is 7.73. The summed E-state index contributed by atoms with van der Waals surface area (Å²) in [6.07, 6.45) is -3.89. The molecule has 32 heavy (non-hydrogen) atoms. The highest BCUT2D eigenvalue weighted by Gasteiger charge is 2.69. The molecule has 1 N–H and O–H groups in total. The summed E-state index contributed by atoms with van der Waals surface area (Å²) in [5.74, 6) is -2.23. The fraction of sp³-hybridized carbons (Fsp3) is 0.440. The summed E-state index contributed by atoms with van der Waals surface area (Å²) >= 11 is 0. The number of halogens is 3. The Morgan fingerprint density at radius 2 is 1.62 bits per heavy atom. The van der Waals surface area contributed by atoms with E-state index in [1.54, 1.807) is 12.1 Å². The molecule has 0 aromatic heterocycles. The van der Waals surface area contributed by atoms with E-state index in [2.05, 4.69) is 5.10 Å². The summed E-state index contributed by atoms with van der Waals surface area (Å²) in [5.41, 5.74) is -1.49. The molecule has 0 radical (unpaired) electrons. The largest absolute Gasteiger partial charge is 0.439 e. The second-order valence-corrected chi connectivity index (χ2v) is 9.77. The monoisotopic (exact) mass is 444 g/mol. The van der Waals surface area contributed by atoms with Crippen molar-refractivity contribution >= 4 is 11.6 Å². The first kappa shape index (κ1) is 22.5. The zero-order chi connectivity index (χ0) is 23.3. The van der Waals surface area contributed by atoms with Gasteiger partial charge in [0.25, 0.3) is 11.6 Å². The Morgan fingerprint density at radius 3 is 2.19 bits per heavy atom. The number of benzene rings is 2. The number of carbonyl (C=O) groups excluding carboxylic acids is 1. The van der Waals surface area contributed by atoms with E-state index in [0.29, 0.717) is 12.8 Å². The molecule has 4 rings (SSSR count). The van der Waals surface area contributed by atoms with Crippen LogP contribution in [0.15, 0.2) is 59.7 Å². The SMILES string of the molecule is CC(C)(C)[C@@H]1CCC2=NN(C(=O)c3ccc(-c4ccccc4)cc3)[C@@](O)(C(F)(F)F)[C@@H]2C1. The van der Waals surface area contributed by atoms with Gasteiger partial charge < -0.3 is 5.11 Å². The fourth-order valence-corrected chi connectivity index (χ4v) is 4.77. The van der Waals surface area contributed by atoms with E-state index in [1.807, 2.05) is 51.1 Å². The van der Waals surface area contributed by atoms with Crippen LogP contribution in [0.3, 0.4) is 0 Å². The number of nitrogens with zero attached hydrogens (tertiary/aromatic N) is 2. The Kier molecular flexibility index (Phi) is 5.44. The molecule has 7 heteroatoms. The quantitative estimate of drug-likeness (QED) is 0.629. The first-order valence-electron chi connectivity index (χ1n) is 10.8. The molecule has 1 aliphatic carbocycles. The molecule has 1 saturated carbocycles. The fourth-order valence-electron chi connectivity index (χ4n) is 4.77. The van der Waals surface area contributed by atoms with Crippen LogP contribution in [0.5, 0.6) is 0 Å². The van der Waals surface area contributed by atoms with E-state index < -0.39 is 23.7 Å². The average Bonchev–Trinajstić information content (AvgIpc) is 3.07. The maximum Gasteiger partial charge on any atom is 0.439 e. The normalized spacial score (nSPS) is 26.0. The summed E-state index contributed by atoms with van der Waals surface area (Å²) in [5, 5.41) is 15.3. The number of hydrazone groups is 1. The highest BCUT2D eigenvalue weighted by Crippen LogP contribution is 2.52. The molecule has 2 aromatic carbocycles. The predicted octanol–water partition coefficient (Wildman–Crippen LogP) is 5.88. The lowest BCUT2D eigenvalue weighted by Crippen LogP contribution is -2.62. The molecule has 1 amide bonds. The Bertz CT molecular complexity index is 1030. The van der Waals surface area contributed by atoms with Crippen molar-refractivity contribution in [2.24, 2.45) is 22.4 Å². The third-order valence-electron chi connectivity index (χ3n) is 6.78. The lowest BCUT2D eigenvalue weighted by Gasteiger charge is -2.42. The smallest absolute Gasteiger partial charge is 0.362 e. The van der Waals surface area contributed by atoms with Crippen LogP contribution in [-0.4, -0.2) is 33.6 Å². The van der Waals surface area contributed by atoms with Crippen LogP contribution in [0.4, 0.5) is 13.2 Å². The molecule has 1 fully saturated rings. The van der Waals surface area contributed by atoms with Crippen LogP contribution in [-0.2, 0) is 0 Å². The highest BCUT2D eigenvalue weighted by atomic mass is 19.4. The minimum atomic E-state index is -5.04. The van der Waals surface area contributed by atoms with Crippen molar-refractivity contribution in [1.29, 1.82) is 0 Å². The molecule has 3 atom stereocenters. The van der Waals surface area contributed by atoms with Gasteiger partial charge in [0.15, 0.2) is 0 Å². The summed E-state index contributed by atoms with van der Waals surface area (Å²) in [6.45, 7) is 5.95. The number of hydrogen-bond acceptors (Lipinski definition) is 3. The number of rotatable bonds is 2. The molecule has 2 aliphatic rings. The molecule has 0 unspecified atom stereocenters. The summed E-state index contributed by atoms with van der Waals surface area (Å²) in [4.78, 5) is 13.1. The van der Waals surface area contributed by atoms with Gasteiger partial charge in [-0.1, -0.05) is 63.2 Å². The van der Waals surface area contributed by atoms with Gasteiger partial charge in [-0.2, -0.15) is 23.3 Å². The van der Waals surface area contributed by atoms with Gasteiger partial charge in [-0.05, 0) is 53.9 Å². The number of fused-ring (bicyclic) bond motifs is 1. The van der Waals surface area contributed by atoms with Crippen molar-refractivity contribution in [1.82, 2.24) is 5.01 Å². The number of alkyl halides is 3. The van der Waals surface area contributed by atoms with Crippen molar-refractivity contribution in [3.63, 3.8) is 0 Å². The number of carbonyl (C=O) groups is 1. The van der Waals surface area contributed by atoms with Gasteiger partial charge in [0.1, 0.15) is 0 Å². The van der Waals surface area contributed by atoms with Crippen molar-refractivity contribution in [3.8, 4) is 11.1 Å². The van der Waals surface area contributed by atoms with Gasteiger partial charge in [-0.15, -0.1) is 0 Å². The van der Waals surface area contributed by atoms with Gasteiger partial charge in [0.05, 0.1) is 5.92 Å². The van der Waals surface area contributed by atoms with E-state index in [-0.39, 0.29) is 34.0 Å². The van der Waals surface area contributed by atoms with Crippen molar-refractivity contribution < 1.29 is 23.1 Å². The zero-order valence-electron chi connectivity index (χ0n) is 18.4. The van der Waals surface area contributed by atoms with E-state index in [4.69, 9.17) is 0 Å². The molecule has 2 aromatic rings. The summed E-state index contributed by atoms with van der Waals surface area (Å²) in [6, 6.07) is 15.8. The van der Waals surface area contributed by atoms with Gasteiger partial charge in [-0.25, -0.2) is 0 Å². The van der Waals surface area contributed by atoms with E-state index in [0.717, 1.165) is 11.1 Å². The predicted molar refractivity (Wildman–Crippen MR) is 117 cm³/mol. The molecule has 1 aliphatic heterocycles. The maximum absolute atomic E-state index is 14.2. The lowest BCUT2D eigenvalue weighted by atomic mass is 9.66. The minimum Gasteiger partial charge on any atom is -0.362 e. The Balaban J connectivity index is 1.66. The third-order valence-corrected chi connectivity index (χ3v) is 6.78. The number of amides is 1. The first-order chi connectivity index (χ1) is 14.9. The molecule has 4 nitrogen and oxygen atoms in total. The van der Waals surface area contributed by atoms with E-state index in [1.165, 1.54) is 12.1 Å². The molecule has 0 bridgehead atoms. The van der Waals surface area contributed by atoms with Gasteiger partial charge in [0.2, 0.25) is 0 Å². The molecule has 0 spiro atoms. The van der Waals surface area contributed by atoms with Crippen LogP contribution in [0.1, 0.15) is 50.4 Å². The molecule has 1 heterocycles. The van der Waals surface area contributed by atoms with Gasteiger partial charge >= 0.3 is 6.18 Å². The summed E-state index contributed by atoms with van der Waals surface area (Å²) in [7, 11) is 0. The Hall–Kier alpha value is -2.67.